The van der Waals surface area contributed by atoms with Crippen molar-refractivity contribution in [2.75, 3.05) is 13.1 Å². The molecule has 0 saturated carbocycles. The summed E-state index contributed by atoms with van der Waals surface area (Å²) in [4.78, 5) is 9.36. The summed E-state index contributed by atoms with van der Waals surface area (Å²) >= 11 is 0. The molecule has 2 N–H and O–H groups in total. The van der Waals surface area contributed by atoms with Crippen LogP contribution in [0.1, 0.15) is 166 Å². The molecule has 0 radical (unpaired) electrons. The Bertz CT molecular complexity index is 1720. The minimum Gasteiger partial charge on any atom is -0.507 e. The van der Waals surface area contributed by atoms with Gasteiger partial charge in [-0.3, -0.25) is 9.98 Å². The normalized spacial score (nSPS) is 13.2. The van der Waals surface area contributed by atoms with E-state index in [0.29, 0.717) is 0 Å². The topological polar surface area (TPSA) is 65.2 Å². The van der Waals surface area contributed by atoms with Crippen molar-refractivity contribution < 1.29 is 10.2 Å². The largest absolute Gasteiger partial charge is 0.507 e. The molecule has 0 atom stereocenters. The van der Waals surface area contributed by atoms with Crippen molar-refractivity contribution in [1.82, 2.24) is 0 Å². The van der Waals surface area contributed by atoms with Crippen molar-refractivity contribution in [3.05, 3.63) is 95.1 Å². The number of hydrogen-bond donors (Lipinski definition) is 2. The van der Waals surface area contributed by atoms with Crippen LogP contribution >= 0.6 is 0 Å². The van der Waals surface area contributed by atoms with Crippen LogP contribution in [0.25, 0.3) is 33.4 Å². The Morgan fingerprint density at radius 3 is 1.20 bits per heavy atom. The number of aromatic hydroxyl groups is 2. The average Bonchev–Trinajstić information content (AvgIpc) is 3.47. The van der Waals surface area contributed by atoms with Gasteiger partial charge in [0.2, 0.25) is 0 Å². The van der Waals surface area contributed by atoms with E-state index in [-0.39, 0.29) is 16.9 Å². The first-order valence-electron chi connectivity index (χ1n) is 21.9. The quantitative estimate of drug-likeness (QED) is 0.0555. The van der Waals surface area contributed by atoms with Gasteiger partial charge in [0.25, 0.3) is 0 Å². The summed E-state index contributed by atoms with van der Waals surface area (Å²) in [6, 6.07) is 26.2. The number of unbranched alkanes of at least 4 members (excludes halogenated alkanes) is 12. The summed E-state index contributed by atoms with van der Waals surface area (Å²) in [5, 5.41) is 21.6. The third-order valence-electron chi connectivity index (χ3n) is 11.7. The number of nitrogens with zero attached hydrogens (tertiary/aromatic N) is 2. The molecule has 5 rings (SSSR count). The standard InChI is InChI=1S/C51H68N2O2/c1-5-9-13-17-29-51(30-18-14-10-6-2)47-35-41(39-23-27-49(54)43(33-39)37-52-31-19-15-11-7-3)21-25-45(47)46-26-22-42(36-48(46)51)40-24-28-50(55)44(34-40)38-53-32-20-16-12-8-4/h21-28,33-38,54-55H,5-20,29-32H2,1-4H3. The molecule has 0 aliphatic heterocycles. The third kappa shape index (κ3) is 11.0. The lowest BCUT2D eigenvalue weighted by Crippen LogP contribution is -2.25. The molecule has 0 aromatic heterocycles. The van der Waals surface area contributed by atoms with E-state index >= 15 is 0 Å². The molecule has 4 aromatic rings. The van der Waals surface area contributed by atoms with E-state index < -0.39 is 0 Å². The molecule has 0 unspecified atom stereocenters. The number of phenols is 2. The molecule has 1 aliphatic rings. The van der Waals surface area contributed by atoms with Crippen LogP contribution in [0.3, 0.4) is 0 Å². The number of phenolic OH excluding ortho intramolecular Hbond substituents is 2. The first kappa shape index (κ1) is 42.0. The molecule has 0 spiro atoms. The lowest BCUT2D eigenvalue weighted by molar-refractivity contribution is 0.401. The van der Waals surface area contributed by atoms with E-state index in [1.807, 2.05) is 24.6 Å². The molecule has 0 bridgehead atoms. The van der Waals surface area contributed by atoms with E-state index in [4.69, 9.17) is 0 Å². The van der Waals surface area contributed by atoms with Crippen molar-refractivity contribution in [3.8, 4) is 44.9 Å². The van der Waals surface area contributed by atoms with Gasteiger partial charge in [-0.2, -0.15) is 0 Å². The van der Waals surface area contributed by atoms with Crippen LogP contribution < -0.4 is 0 Å². The van der Waals surface area contributed by atoms with E-state index in [0.717, 1.165) is 61.0 Å². The Labute approximate surface area is 333 Å². The summed E-state index contributed by atoms with van der Waals surface area (Å²) < 4.78 is 0. The number of fused-ring (bicyclic) bond motifs is 3. The fraction of sp³-hybridized carbons (Fsp3) is 0.490. The molecule has 55 heavy (non-hydrogen) atoms. The van der Waals surface area contributed by atoms with Gasteiger partial charge in [-0.15, -0.1) is 0 Å². The summed E-state index contributed by atoms with van der Waals surface area (Å²) in [6.07, 6.45) is 25.3. The minimum absolute atomic E-state index is 0.0858. The number of rotatable bonds is 24. The van der Waals surface area contributed by atoms with Gasteiger partial charge in [0.05, 0.1) is 0 Å². The molecule has 294 valence electrons. The molecule has 1 aliphatic carbocycles. The molecule has 4 aromatic carbocycles. The smallest absolute Gasteiger partial charge is 0.124 e. The summed E-state index contributed by atoms with van der Waals surface area (Å²) in [5.74, 6) is 0.554. The summed E-state index contributed by atoms with van der Waals surface area (Å²) in [7, 11) is 0. The number of aliphatic imine (C=N–C) groups is 2. The highest BCUT2D eigenvalue weighted by Crippen LogP contribution is 2.56. The van der Waals surface area contributed by atoms with Crippen LogP contribution in [0.4, 0.5) is 0 Å². The molecule has 0 heterocycles. The molecule has 0 saturated heterocycles. The maximum Gasteiger partial charge on any atom is 0.124 e. The van der Waals surface area contributed by atoms with Gasteiger partial charge >= 0.3 is 0 Å². The van der Waals surface area contributed by atoms with Gasteiger partial charge in [-0.1, -0.05) is 154 Å². The Morgan fingerprint density at radius 2 is 0.800 bits per heavy atom. The zero-order valence-electron chi connectivity index (χ0n) is 34.5. The third-order valence-corrected chi connectivity index (χ3v) is 11.7. The summed E-state index contributed by atoms with van der Waals surface area (Å²) in [6.45, 7) is 10.6. The van der Waals surface area contributed by atoms with Crippen LogP contribution in [0, 0.1) is 0 Å². The predicted molar refractivity (Wildman–Crippen MR) is 238 cm³/mol. The Kier molecular flexibility index (Phi) is 16.6. The molecule has 4 nitrogen and oxygen atoms in total. The maximum absolute atomic E-state index is 10.8. The second-order valence-corrected chi connectivity index (χ2v) is 16.0. The van der Waals surface area contributed by atoms with E-state index in [1.54, 1.807) is 0 Å². The first-order valence-corrected chi connectivity index (χ1v) is 21.9. The van der Waals surface area contributed by atoms with Gasteiger partial charge < -0.3 is 10.2 Å². The van der Waals surface area contributed by atoms with E-state index in [2.05, 4.69) is 98.3 Å². The summed E-state index contributed by atoms with van der Waals surface area (Å²) in [5.41, 5.74) is 11.7. The lowest BCUT2D eigenvalue weighted by atomic mass is 9.70. The Morgan fingerprint density at radius 1 is 0.436 bits per heavy atom. The highest BCUT2D eigenvalue weighted by Gasteiger charge is 2.42. The molecule has 0 fully saturated rings. The van der Waals surface area contributed by atoms with E-state index in [9.17, 15) is 10.2 Å². The van der Waals surface area contributed by atoms with Gasteiger partial charge in [0.1, 0.15) is 11.5 Å². The van der Waals surface area contributed by atoms with Crippen LogP contribution in [0.5, 0.6) is 11.5 Å². The highest BCUT2D eigenvalue weighted by molar-refractivity contribution is 5.90. The second-order valence-electron chi connectivity index (χ2n) is 16.0. The van der Waals surface area contributed by atoms with Crippen LogP contribution in [0.2, 0.25) is 0 Å². The highest BCUT2D eigenvalue weighted by atomic mass is 16.3. The maximum atomic E-state index is 10.8. The van der Waals surface area contributed by atoms with Crippen molar-refractivity contribution >= 4 is 12.4 Å². The first-order chi connectivity index (χ1) is 26.9. The molecular weight excluding hydrogens is 673 g/mol. The van der Waals surface area contributed by atoms with Gasteiger partial charge in [-0.05, 0) is 107 Å². The Hall–Kier alpha value is -4.18. The van der Waals surface area contributed by atoms with Crippen molar-refractivity contribution in [2.45, 2.75) is 149 Å². The van der Waals surface area contributed by atoms with Crippen LogP contribution in [-0.2, 0) is 5.41 Å². The fourth-order valence-corrected chi connectivity index (χ4v) is 8.49. The van der Waals surface area contributed by atoms with E-state index in [1.165, 1.54) is 123 Å². The van der Waals surface area contributed by atoms with Gasteiger partial charge in [0.15, 0.2) is 0 Å². The van der Waals surface area contributed by atoms with Crippen molar-refractivity contribution in [2.24, 2.45) is 9.98 Å². The van der Waals surface area contributed by atoms with Crippen LogP contribution in [0.15, 0.2) is 82.8 Å². The second kappa shape index (κ2) is 21.8. The molecule has 0 amide bonds. The Balaban J connectivity index is 1.54. The molecular formula is C51H68N2O2. The lowest BCUT2D eigenvalue weighted by Gasteiger charge is -2.33. The van der Waals surface area contributed by atoms with Gasteiger partial charge in [-0.25, -0.2) is 0 Å². The van der Waals surface area contributed by atoms with Crippen LogP contribution in [-0.4, -0.2) is 35.7 Å². The number of hydrogen-bond acceptors (Lipinski definition) is 4. The van der Waals surface area contributed by atoms with Crippen molar-refractivity contribution in [1.29, 1.82) is 0 Å². The zero-order chi connectivity index (χ0) is 38.9. The van der Waals surface area contributed by atoms with Gasteiger partial charge in [0, 0.05) is 42.1 Å². The predicted octanol–water partition coefficient (Wildman–Crippen LogP) is 14.6. The fourth-order valence-electron chi connectivity index (χ4n) is 8.49. The zero-order valence-corrected chi connectivity index (χ0v) is 34.5. The minimum atomic E-state index is -0.0858. The monoisotopic (exact) mass is 741 g/mol. The van der Waals surface area contributed by atoms with Crippen molar-refractivity contribution in [3.63, 3.8) is 0 Å². The molecule has 4 heteroatoms. The SMILES string of the molecule is CCCCCCN=Cc1cc(-c2ccc3c(c2)C(CCCCCC)(CCCCCC)c2cc(-c4ccc(O)c(C=NCCCCCC)c4)ccc2-3)ccc1O. The average molecular weight is 741 g/mol. The number of benzene rings is 4.